The average Bonchev–Trinajstić information content (AvgIpc) is 1.98. The van der Waals surface area contributed by atoms with E-state index in [0.29, 0.717) is 0 Å². The predicted octanol–water partition coefficient (Wildman–Crippen LogP) is 3.39. The van der Waals surface area contributed by atoms with Crippen LogP contribution in [0.3, 0.4) is 0 Å². The molecule has 1 atom stereocenters. The summed E-state index contributed by atoms with van der Waals surface area (Å²) in [6, 6.07) is 0. The van der Waals surface area contributed by atoms with Gasteiger partial charge in [-0.3, -0.25) is 0 Å². The van der Waals surface area contributed by atoms with Crippen molar-refractivity contribution in [3.63, 3.8) is 0 Å². The minimum Gasteiger partial charge on any atom is -0.366 e. The highest BCUT2D eigenvalue weighted by Crippen LogP contribution is 2.33. The van der Waals surface area contributed by atoms with Crippen LogP contribution in [0.1, 0.15) is 34.1 Å². The SMILES string of the molecule is CCC(C)COC(C)(C)C(F)(F)F. The van der Waals surface area contributed by atoms with Gasteiger partial charge in [-0.1, -0.05) is 20.3 Å². The van der Waals surface area contributed by atoms with Crippen LogP contribution in [-0.2, 0) is 4.74 Å². The van der Waals surface area contributed by atoms with E-state index < -0.39 is 11.8 Å². The lowest BCUT2D eigenvalue weighted by atomic mass is 10.1. The molecule has 0 aliphatic heterocycles. The molecule has 0 amide bonds. The largest absolute Gasteiger partial charge is 0.416 e. The van der Waals surface area contributed by atoms with Crippen LogP contribution >= 0.6 is 0 Å². The van der Waals surface area contributed by atoms with Crippen LogP contribution in [0.2, 0.25) is 0 Å². The van der Waals surface area contributed by atoms with Crippen LogP contribution < -0.4 is 0 Å². The second-order valence-corrected chi connectivity index (χ2v) is 3.83. The van der Waals surface area contributed by atoms with E-state index in [1.165, 1.54) is 0 Å². The first kappa shape index (κ1) is 12.8. The molecule has 1 nitrogen and oxygen atoms in total. The van der Waals surface area contributed by atoms with E-state index in [4.69, 9.17) is 4.74 Å². The van der Waals surface area contributed by atoms with Crippen molar-refractivity contribution in [2.45, 2.75) is 45.9 Å². The Morgan fingerprint density at radius 1 is 1.23 bits per heavy atom. The average molecular weight is 198 g/mol. The molecule has 0 bridgehead atoms. The molecule has 0 aromatic heterocycles. The van der Waals surface area contributed by atoms with E-state index in [1.54, 1.807) is 0 Å². The molecule has 0 radical (unpaired) electrons. The van der Waals surface area contributed by atoms with E-state index in [2.05, 4.69) is 0 Å². The van der Waals surface area contributed by atoms with Crippen molar-refractivity contribution in [3.05, 3.63) is 0 Å². The number of alkyl halides is 3. The number of rotatable bonds is 4. The van der Waals surface area contributed by atoms with Gasteiger partial charge in [0.05, 0.1) is 6.61 Å². The molecule has 13 heavy (non-hydrogen) atoms. The molecule has 1 unspecified atom stereocenters. The quantitative estimate of drug-likeness (QED) is 0.672. The number of ether oxygens (including phenoxy) is 1. The lowest BCUT2D eigenvalue weighted by Gasteiger charge is -2.29. The van der Waals surface area contributed by atoms with E-state index in [9.17, 15) is 13.2 Å². The first-order valence-electron chi connectivity index (χ1n) is 4.41. The summed E-state index contributed by atoms with van der Waals surface area (Å²) in [6.45, 7) is 6.05. The Morgan fingerprint density at radius 2 is 1.69 bits per heavy atom. The first-order chi connectivity index (χ1) is 5.70. The number of hydrogen-bond acceptors (Lipinski definition) is 1. The van der Waals surface area contributed by atoms with Crippen LogP contribution in [0.25, 0.3) is 0 Å². The maximum Gasteiger partial charge on any atom is 0.416 e. The Balaban J connectivity index is 4.04. The molecule has 0 heterocycles. The van der Waals surface area contributed by atoms with Crippen molar-refractivity contribution < 1.29 is 17.9 Å². The van der Waals surface area contributed by atoms with E-state index >= 15 is 0 Å². The molecule has 0 aliphatic carbocycles. The summed E-state index contributed by atoms with van der Waals surface area (Å²) in [5.74, 6) is 0.168. The molecule has 0 saturated heterocycles. The van der Waals surface area contributed by atoms with Gasteiger partial charge in [0.1, 0.15) is 0 Å². The molecule has 0 aromatic rings. The third kappa shape index (κ3) is 3.98. The molecular formula is C9H17F3O. The highest BCUT2D eigenvalue weighted by molar-refractivity contribution is 4.78. The second kappa shape index (κ2) is 4.31. The normalized spacial score (nSPS) is 15.9. The Hall–Kier alpha value is -0.250. The molecule has 4 heteroatoms. The Morgan fingerprint density at radius 3 is 2.00 bits per heavy atom. The van der Waals surface area contributed by atoms with Crippen molar-refractivity contribution in [3.8, 4) is 0 Å². The highest BCUT2D eigenvalue weighted by atomic mass is 19.4. The molecular weight excluding hydrogens is 181 g/mol. The van der Waals surface area contributed by atoms with Gasteiger partial charge in [0.15, 0.2) is 5.60 Å². The second-order valence-electron chi connectivity index (χ2n) is 3.83. The zero-order valence-corrected chi connectivity index (χ0v) is 8.53. The Bertz CT molecular complexity index is 151. The molecule has 0 spiro atoms. The van der Waals surface area contributed by atoms with E-state index in [1.807, 2.05) is 13.8 Å². The summed E-state index contributed by atoms with van der Waals surface area (Å²) in [7, 11) is 0. The van der Waals surface area contributed by atoms with Crippen LogP contribution in [0.5, 0.6) is 0 Å². The summed E-state index contributed by atoms with van der Waals surface area (Å²) in [5.41, 5.74) is -2.03. The minimum absolute atomic E-state index is 0.156. The van der Waals surface area contributed by atoms with Crippen molar-refractivity contribution >= 4 is 0 Å². The molecule has 80 valence electrons. The maximum atomic E-state index is 12.3. The predicted molar refractivity (Wildman–Crippen MR) is 45.5 cm³/mol. The fourth-order valence-electron chi connectivity index (χ4n) is 0.550. The van der Waals surface area contributed by atoms with E-state index in [-0.39, 0.29) is 12.5 Å². The molecule has 0 rings (SSSR count). The van der Waals surface area contributed by atoms with Gasteiger partial charge in [-0.2, -0.15) is 13.2 Å². The standard InChI is InChI=1S/C9H17F3O/c1-5-7(2)6-13-8(3,4)9(10,11)12/h7H,5-6H2,1-4H3. The molecule has 0 fully saturated rings. The molecule has 0 aliphatic rings. The van der Waals surface area contributed by atoms with Gasteiger partial charge in [-0.15, -0.1) is 0 Å². The molecule has 0 N–H and O–H groups in total. The van der Waals surface area contributed by atoms with Crippen molar-refractivity contribution in [1.29, 1.82) is 0 Å². The van der Waals surface area contributed by atoms with Gasteiger partial charge in [-0.05, 0) is 19.8 Å². The molecule has 0 aromatic carbocycles. The van der Waals surface area contributed by atoms with Crippen LogP contribution in [0.4, 0.5) is 13.2 Å². The number of hydrogen-bond donors (Lipinski definition) is 0. The lowest BCUT2D eigenvalue weighted by molar-refractivity contribution is -0.266. The van der Waals surface area contributed by atoms with Crippen LogP contribution in [-0.4, -0.2) is 18.4 Å². The van der Waals surface area contributed by atoms with Gasteiger partial charge in [0.25, 0.3) is 0 Å². The monoisotopic (exact) mass is 198 g/mol. The summed E-state index contributed by atoms with van der Waals surface area (Å²) >= 11 is 0. The van der Waals surface area contributed by atoms with Gasteiger partial charge < -0.3 is 4.74 Å². The third-order valence-corrected chi connectivity index (χ3v) is 2.11. The minimum atomic E-state index is -4.29. The fraction of sp³-hybridized carbons (Fsp3) is 1.00. The summed E-state index contributed by atoms with van der Waals surface area (Å²) in [5, 5.41) is 0. The summed E-state index contributed by atoms with van der Waals surface area (Å²) in [6.07, 6.45) is -3.46. The summed E-state index contributed by atoms with van der Waals surface area (Å²) in [4.78, 5) is 0. The van der Waals surface area contributed by atoms with Gasteiger partial charge in [0, 0.05) is 0 Å². The van der Waals surface area contributed by atoms with Crippen molar-refractivity contribution in [2.24, 2.45) is 5.92 Å². The highest BCUT2D eigenvalue weighted by Gasteiger charge is 2.48. The smallest absolute Gasteiger partial charge is 0.366 e. The fourth-order valence-corrected chi connectivity index (χ4v) is 0.550. The number of halogens is 3. The zero-order valence-electron chi connectivity index (χ0n) is 8.53. The Kier molecular flexibility index (Phi) is 4.23. The molecule has 0 saturated carbocycles. The van der Waals surface area contributed by atoms with Crippen LogP contribution in [0, 0.1) is 5.92 Å². The van der Waals surface area contributed by atoms with E-state index in [0.717, 1.165) is 20.3 Å². The summed E-state index contributed by atoms with van der Waals surface area (Å²) < 4.78 is 41.6. The van der Waals surface area contributed by atoms with Gasteiger partial charge in [-0.25, -0.2) is 0 Å². The zero-order chi connectivity index (χ0) is 10.7. The maximum absolute atomic E-state index is 12.3. The first-order valence-corrected chi connectivity index (χ1v) is 4.41. The van der Waals surface area contributed by atoms with Crippen molar-refractivity contribution in [1.82, 2.24) is 0 Å². The topological polar surface area (TPSA) is 9.23 Å². The van der Waals surface area contributed by atoms with Gasteiger partial charge >= 0.3 is 6.18 Å². The van der Waals surface area contributed by atoms with Crippen molar-refractivity contribution in [2.75, 3.05) is 6.61 Å². The van der Waals surface area contributed by atoms with Gasteiger partial charge in [0.2, 0.25) is 0 Å². The lowest BCUT2D eigenvalue weighted by Crippen LogP contribution is -2.42. The third-order valence-electron chi connectivity index (χ3n) is 2.11. The Labute approximate surface area is 77.3 Å². The van der Waals surface area contributed by atoms with Crippen LogP contribution in [0.15, 0.2) is 0 Å².